The number of amides is 1. The highest BCUT2D eigenvalue weighted by atomic mass is 16.5. The summed E-state index contributed by atoms with van der Waals surface area (Å²) in [6, 6.07) is 13.2. The number of aryl methyl sites for hydroxylation is 1. The molecule has 2 atom stereocenters. The first-order chi connectivity index (χ1) is 16.2. The number of aromatic hydroxyl groups is 1. The minimum atomic E-state index is -1.37. The van der Waals surface area contributed by atoms with Crippen molar-refractivity contribution >= 4 is 17.8 Å². The topological polar surface area (TPSA) is 134 Å². The minimum Gasteiger partial charge on any atom is -0.504 e. The number of aliphatic carboxylic acids is 1. The number of rotatable bonds is 13. The van der Waals surface area contributed by atoms with Crippen LogP contribution >= 0.6 is 0 Å². The van der Waals surface area contributed by atoms with E-state index in [1.807, 2.05) is 36.4 Å². The molecule has 2 aromatic rings. The number of carboxylic acid groups (broad SMARTS) is 1. The molecule has 0 aliphatic carbocycles. The maximum Gasteiger partial charge on any atom is 0.331 e. The van der Waals surface area contributed by atoms with Gasteiger partial charge in [0.1, 0.15) is 5.54 Å². The number of hydrogen-bond acceptors (Lipinski definition) is 7. The van der Waals surface area contributed by atoms with Crippen molar-refractivity contribution in [1.82, 2.24) is 10.6 Å². The van der Waals surface area contributed by atoms with Crippen molar-refractivity contribution in [3.63, 3.8) is 0 Å². The van der Waals surface area contributed by atoms with Crippen LogP contribution in [0.2, 0.25) is 0 Å². The van der Waals surface area contributed by atoms with E-state index in [4.69, 9.17) is 9.47 Å². The Bertz CT molecular complexity index is 980. The van der Waals surface area contributed by atoms with Crippen LogP contribution in [0.5, 0.6) is 11.5 Å². The number of esters is 1. The summed E-state index contributed by atoms with van der Waals surface area (Å²) in [6.07, 6.45) is 0.929. The zero-order chi connectivity index (χ0) is 25.1. The van der Waals surface area contributed by atoms with Gasteiger partial charge in [0, 0.05) is 6.42 Å². The predicted octanol–water partition coefficient (Wildman–Crippen LogP) is 2.06. The molecule has 34 heavy (non-hydrogen) atoms. The molecule has 0 spiro atoms. The number of benzene rings is 2. The monoisotopic (exact) mass is 472 g/mol. The van der Waals surface area contributed by atoms with Gasteiger partial charge in [0.05, 0.1) is 26.7 Å². The molecule has 0 aromatic heterocycles. The molecule has 4 N–H and O–H groups in total. The summed E-state index contributed by atoms with van der Waals surface area (Å²) < 4.78 is 9.93. The van der Waals surface area contributed by atoms with E-state index in [1.54, 1.807) is 19.1 Å². The first-order valence-electron chi connectivity index (χ1n) is 10.9. The van der Waals surface area contributed by atoms with E-state index in [0.29, 0.717) is 25.1 Å². The quantitative estimate of drug-likeness (QED) is 0.257. The average Bonchev–Trinajstić information content (AvgIpc) is 2.80. The Labute approximate surface area is 199 Å². The number of phenols is 1. The lowest BCUT2D eigenvalue weighted by Crippen LogP contribution is -2.59. The van der Waals surface area contributed by atoms with Gasteiger partial charge in [-0.2, -0.15) is 0 Å². The molecule has 0 heterocycles. The van der Waals surface area contributed by atoms with Crippen molar-refractivity contribution in [3.05, 3.63) is 59.7 Å². The lowest BCUT2D eigenvalue weighted by atomic mass is 9.92. The Hall–Kier alpha value is -3.59. The fourth-order valence-corrected chi connectivity index (χ4v) is 3.65. The first-order valence-corrected chi connectivity index (χ1v) is 10.9. The van der Waals surface area contributed by atoms with Gasteiger partial charge in [-0.3, -0.25) is 9.59 Å². The number of carbonyl (C=O) groups is 3. The van der Waals surface area contributed by atoms with E-state index < -0.39 is 35.8 Å². The highest BCUT2D eigenvalue weighted by Crippen LogP contribution is 2.26. The Kier molecular flexibility index (Phi) is 9.88. The Morgan fingerprint density at radius 3 is 2.35 bits per heavy atom. The summed E-state index contributed by atoms with van der Waals surface area (Å²) in [6.45, 7) is 1.91. The zero-order valence-corrected chi connectivity index (χ0v) is 19.7. The molecule has 1 amide bonds. The first kappa shape index (κ1) is 26.7. The molecule has 0 saturated heterocycles. The van der Waals surface area contributed by atoms with Crippen LogP contribution in [0, 0.1) is 0 Å². The molecule has 0 aliphatic heterocycles. The average molecular weight is 473 g/mol. The van der Waals surface area contributed by atoms with Gasteiger partial charge >= 0.3 is 11.9 Å². The fraction of sp³-hybridized carbons (Fsp3) is 0.400. The summed E-state index contributed by atoms with van der Waals surface area (Å²) in [4.78, 5) is 36.9. The van der Waals surface area contributed by atoms with Gasteiger partial charge in [-0.05, 0) is 49.6 Å². The minimum absolute atomic E-state index is 0.0385. The second-order valence-corrected chi connectivity index (χ2v) is 8.19. The number of nitrogens with one attached hydrogen (secondary N) is 2. The van der Waals surface area contributed by atoms with Gasteiger partial charge in [0.25, 0.3) is 0 Å². The van der Waals surface area contributed by atoms with Gasteiger partial charge in [-0.1, -0.05) is 36.4 Å². The van der Waals surface area contributed by atoms with Crippen LogP contribution in [0.3, 0.4) is 0 Å². The van der Waals surface area contributed by atoms with E-state index in [1.165, 1.54) is 14.2 Å². The molecule has 9 nitrogen and oxygen atoms in total. The number of carboxylic acids is 1. The number of phenolic OH excluding ortho intramolecular Hbond substituents is 1. The standard InChI is InChI=1S/C25H32N2O7/c1-25(24(32)34-3,16-18-8-5-4-6-9-18)27-23(31)19(15-22(29)30)26-13-7-10-17-11-12-21(33-2)20(28)14-17/h4-6,8-9,11-12,14,19,26,28H,7,10,13,15-16H2,1-3H3,(H,27,31)(H,29,30)/t19-,25+/m1/s1. The van der Waals surface area contributed by atoms with Crippen LogP contribution < -0.4 is 15.4 Å². The SMILES string of the molecule is COC(=O)[C@](C)(Cc1ccccc1)NC(=O)[C@@H](CC(=O)O)NCCCc1ccc(OC)c(O)c1. The second-order valence-electron chi connectivity index (χ2n) is 8.19. The maximum atomic E-state index is 13.0. The van der Waals surface area contributed by atoms with Crippen LogP contribution in [0.1, 0.15) is 30.9 Å². The third-order valence-corrected chi connectivity index (χ3v) is 5.41. The Morgan fingerprint density at radius 2 is 1.76 bits per heavy atom. The van der Waals surface area contributed by atoms with Crippen molar-refractivity contribution in [2.24, 2.45) is 0 Å². The predicted molar refractivity (Wildman–Crippen MR) is 126 cm³/mol. The lowest BCUT2D eigenvalue weighted by Gasteiger charge is -2.30. The van der Waals surface area contributed by atoms with Gasteiger partial charge in [-0.25, -0.2) is 4.79 Å². The van der Waals surface area contributed by atoms with Crippen LogP contribution in [-0.2, 0) is 32.0 Å². The molecule has 0 fully saturated rings. The summed E-state index contributed by atoms with van der Waals surface area (Å²) in [5.74, 6) is -1.96. The van der Waals surface area contributed by atoms with Crippen LogP contribution in [0.15, 0.2) is 48.5 Å². The second kappa shape index (κ2) is 12.6. The summed E-state index contributed by atoms with van der Waals surface area (Å²) >= 11 is 0. The highest BCUT2D eigenvalue weighted by Gasteiger charge is 2.38. The number of ether oxygens (including phenoxy) is 2. The van der Waals surface area contributed by atoms with Gasteiger partial charge < -0.3 is 30.3 Å². The molecule has 2 rings (SSSR count). The summed E-state index contributed by atoms with van der Waals surface area (Å²) in [5.41, 5.74) is 0.327. The van der Waals surface area contributed by atoms with Crippen LogP contribution in [0.4, 0.5) is 0 Å². The molecule has 0 aliphatic rings. The van der Waals surface area contributed by atoms with Gasteiger partial charge in [0.15, 0.2) is 11.5 Å². The van der Waals surface area contributed by atoms with Crippen molar-refractivity contribution < 1.29 is 34.1 Å². The molecule has 184 valence electrons. The number of carbonyl (C=O) groups excluding carboxylic acids is 2. The normalized spacial score (nSPS) is 13.4. The van der Waals surface area contributed by atoms with Crippen molar-refractivity contribution in [3.8, 4) is 11.5 Å². The van der Waals surface area contributed by atoms with E-state index >= 15 is 0 Å². The Morgan fingerprint density at radius 1 is 1.06 bits per heavy atom. The van der Waals surface area contributed by atoms with E-state index in [2.05, 4.69) is 10.6 Å². The maximum absolute atomic E-state index is 13.0. The molecule has 0 bridgehead atoms. The zero-order valence-electron chi connectivity index (χ0n) is 19.7. The molecular formula is C25H32N2O7. The Balaban J connectivity index is 2.02. The van der Waals surface area contributed by atoms with Crippen molar-refractivity contribution in [1.29, 1.82) is 0 Å². The van der Waals surface area contributed by atoms with Gasteiger partial charge in [0.2, 0.25) is 5.91 Å². The molecule has 9 heteroatoms. The largest absolute Gasteiger partial charge is 0.504 e. The molecule has 2 aromatic carbocycles. The van der Waals surface area contributed by atoms with E-state index in [0.717, 1.165) is 11.1 Å². The molecule has 0 saturated carbocycles. The molecule has 0 unspecified atom stereocenters. The fourth-order valence-electron chi connectivity index (χ4n) is 3.65. The van der Waals surface area contributed by atoms with Crippen molar-refractivity contribution in [2.75, 3.05) is 20.8 Å². The number of methoxy groups -OCH3 is 2. The third kappa shape index (κ3) is 7.77. The van der Waals surface area contributed by atoms with E-state index in [-0.39, 0.29) is 12.2 Å². The lowest BCUT2D eigenvalue weighted by molar-refractivity contribution is -0.150. The smallest absolute Gasteiger partial charge is 0.331 e. The van der Waals surface area contributed by atoms with Gasteiger partial charge in [-0.15, -0.1) is 0 Å². The number of hydrogen-bond donors (Lipinski definition) is 4. The van der Waals surface area contributed by atoms with E-state index in [9.17, 15) is 24.6 Å². The summed E-state index contributed by atoms with van der Waals surface area (Å²) in [5, 5.41) is 24.8. The summed E-state index contributed by atoms with van der Waals surface area (Å²) in [7, 11) is 2.71. The highest BCUT2D eigenvalue weighted by molar-refractivity contribution is 5.92. The van der Waals surface area contributed by atoms with Crippen LogP contribution in [0.25, 0.3) is 0 Å². The molecular weight excluding hydrogens is 440 g/mol. The van der Waals surface area contributed by atoms with Crippen molar-refractivity contribution in [2.45, 2.75) is 44.2 Å². The third-order valence-electron chi connectivity index (χ3n) is 5.41. The van der Waals surface area contributed by atoms with Crippen LogP contribution in [-0.4, -0.2) is 60.4 Å². The molecule has 0 radical (unpaired) electrons.